The van der Waals surface area contributed by atoms with Crippen molar-refractivity contribution >= 4 is 0 Å². The van der Waals surface area contributed by atoms with Crippen molar-refractivity contribution in [3.63, 3.8) is 0 Å². The molecule has 0 bridgehead atoms. The molecule has 1 rings (SSSR count). The van der Waals surface area contributed by atoms with Crippen molar-refractivity contribution in [1.82, 2.24) is 0 Å². The molecule has 1 aliphatic carbocycles. The van der Waals surface area contributed by atoms with E-state index < -0.39 is 0 Å². The molecule has 0 saturated carbocycles. The molecule has 1 heteroatoms. The van der Waals surface area contributed by atoms with Crippen molar-refractivity contribution in [2.45, 2.75) is 32.8 Å². The first kappa shape index (κ1) is 9.27. The Hall–Kier alpha value is -0.820. The summed E-state index contributed by atoms with van der Waals surface area (Å²) in [6.45, 7) is 7.73. The third kappa shape index (κ3) is 1.51. The fourth-order valence-electron chi connectivity index (χ4n) is 1.67. The van der Waals surface area contributed by atoms with Gasteiger partial charge in [0.2, 0.25) is 0 Å². The van der Waals surface area contributed by atoms with Crippen molar-refractivity contribution in [2.24, 2.45) is 0 Å². The van der Waals surface area contributed by atoms with E-state index in [9.17, 15) is 5.11 Å². The average Bonchev–Trinajstić information content (AvgIpc) is 2.33. The summed E-state index contributed by atoms with van der Waals surface area (Å²) in [5.74, 6) is 0. The van der Waals surface area contributed by atoms with Crippen LogP contribution in [0.1, 0.15) is 26.7 Å². The number of hydrogen-bond acceptors (Lipinski definition) is 1. The van der Waals surface area contributed by atoms with E-state index in [1.807, 2.05) is 19.9 Å². The number of hydrogen-bond donors (Lipinski definition) is 1. The van der Waals surface area contributed by atoms with Gasteiger partial charge in [0.05, 0.1) is 6.10 Å². The summed E-state index contributed by atoms with van der Waals surface area (Å²) in [5, 5.41) is 9.56. The van der Waals surface area contributed by atoms with Crippen LogP contribution < -0.4 is 0 Å². The summed E-state index contributed by atoms with van der Waals surface area (Å²) >= 11 is 0. The minimum absolute atomic E-state index is 0.258. The zero-order chi connectivity index (χ0) is 9.14. The van der Waals surface area contributed by atoms with E-state index in [1.165, 1.54) is 11.1 Å². The molecular formula is C11H16O. The maximum atomic E-state index is 9.56. The highest BCUT2D eigenvalue weighted by molar-refractivity contribution is 5.43. The molecule has 0 aromatic rings. The van der Waals surface area contributed by atoms with Gasteiger partial charge in [-0.1, -0.05) is 12.2 Å². The fourth-order valence-corrected chi connectivity index (χ4v) is 1.67. The molecule has 0 spiro atoms. The number of allylic oxidation sites excluding steroid dienone is 3. The minimum atomic E-state index is -0.258. The van der Waals surface area contributed by atoms with E-state index in [0.29, 0.717) is 0 Å². The smallest absolute Gasteiger partial charge is 0.0793 e. The van der Waals surface area contributed by atoms with Gasteiger partial charge in [0.15, 0.2) is 0 Å². The van der Waals surface area contributed by atoms with Gasteiger partial charge in [0.1, 0.15) is 0 Å². The highest BCUT2D eigenvalue weighted by Crippen LogP contribution is 2.33. The molecule has 66 valence electrons. The Balaban J connectivity index is 2.94. The van der Waals surface area contributed by atoms with E-state index in [-0.39, 0.29) is 6.10 Å². The standard InChI is InChI=1S/C11H16O/c1-4-6-10-8(3)11(12)7-9(10)5-2/h4-5,11-12H,1,6-7H2,2-3H3/t11-/m0/s1. The summed E-state index contributed by atoms with van der Waals surface area (Å²) in [6.07, 6.45) is 5.37. The van der Waals surface area contributed by atoms with Crippen molar-refractivity contribution in [3.8, 4) is 0 Å². The lowest BCUT2D eigenvalue weighted by molar-refractivity contribution is 0.219. The van der Waals surface area contributed by atoms with Crippen molar-refractivity contribution < 1.29 is 5.11 Å². The zero-order valence-electron chi connectivity index (χ0n) is 7.80. The molecule has 0 fully saturated rings. The molecule has 0 heterocycles. The molecular weight excluding hydrogens is 148 g/mol. The molecule has 0 amide bonds. The fraction of sp³-hybridized carbons (Fsp3) is 0.455. The molecule has 0 saturated heterocycles. The Morgan fingerprint density at radius 1 is 1.67 bits per heavy atom. The van der Waals surface area contributed by atoms with Gasteiger partial charge >= 0.3 is 0 Å². The van der Waals surface area contributed by atoms with Crippen molar-refractivity contribution in [3.05, 3.63) is 35.5 Å². The van der Waals surface area contributed by atoms with E-state index in [4.69, 9.17) is 0 Å². The lowest BCUT2D eigenvalue weighted by Gasteiger charge is -2.01. The molecule has 0 radical (unpaired) electrons. The van der Waals surface area contributed by atoms with Crippen LogP contribution >= 0.6 is 0 Å². The number of aliphatic hydroxyl groups is 1. The average molecular weight is 164 g/mol. The summed E-state index contributed by atoms with van der Waals surface area (Å²) in [7, 11) is 0. The lowest BCUT2D eigenvalue weighted by atomic mass is 10.0. The van der Waals surface area contributed by atoms with Gasteiger partial charge in [-0.15, -0.1) is 6.58 Å². The van der Waals surface area contributed by atoms with Crippen LogP contribution in [0.4, 0.5) is 0 Å². The second kappa shape index (κ2) is 3.72. The Bertz CT molecular complexity index is 246. The molecule has 0 aromatic carbocycles. The first-order valence-electron chi connectivity index (χ1n) is 4.34. The van der Waals surface area contributed by atoms with E-state index in [1.54, 1.807) is 0 Å². The Morgan fingerprint density at radius 2 is 2.33 bits per heavy atom. The second-order valence-electron chi connectivity index (χ2n) is 3.19. The molecule has 1 N–H and O–H groups in total. The van der Waals surface area contributed by atoms with Crippen molar-refractivity contribution in [2.75, 3.05) is 0 Å². The third-order valence-electron chi connectivity index (χ3n) is 2.47. The Kier molecular flexibility index (Phi) is 2.88. The summed E-state index contributed by atoms with van der Waals surface area (Å²) in [6, 6.07) is 0. The third-order valence-corrected chi connectivity index (χ3v) is 2.47. The van der Waals surface area contributed by atoms with Crippen LogP contribution in [0.15, 0.2) is 35.5 Å². The largest absolute Gasteiger partial charge is 0.388 e. The number of rotatable bonds is 2. The predicted molar refractivity (Wildman–Crippen MR) is 51.9 cm³/mol. The molecule has 1 aliphatic rings. The Labute approximate surface area is 74.1 Å². The normalized spacial score (nSPS) is 26.9. The maximum Gasteiger partial charge on any atom is 0.0793 e. The maximum absolute atomic E-state index is 9.56. The Morgan fingerprint density at radius 3 is 2.83 bits per heavy atom. The topological polar surface area (TPSA) is 20.2 Å². The quantitative estimate of drug-likeness (QED) is 0.622. The SMILES string of the molecule is C=CCC1=C(C)[C@@H](O)CC1=CC. The molecule has 1 nitrogen and oxygen atoms in total. The van der Waals surface area contributed by atoms with Crippen LogP contribution in [0.2, 0.25) is 0 Å². The predicted octanol–water partition coefficient (Wildman–Crippen LogP) is 2.59. The first-order chi connectivity index (χ1) is 5.70. The van der Waals surface area contributed by atoms with E-state index in [0.717, 1.165) is 18.4 Å². The molecule has 0 unspecified atom stereocenters. The van der Waals surface area contributed by atoms with Gasteiger partial charge < -0.3 is 5.11 Å². The zero-order valence-corrected chi connectivity index (χ0v) is 7.80. The van der Waals surface area contributed by atoms with Crippen LogP contribution in [0.3, 0.4) is 0 Å². The number of aliphatic hydroxyl groups excluding tert-OH is 1. The van der Waals surface area contributed by atoms with Crippen LogP contribution in [-0.4, -0.2) is 11.2 Å². The first-order valence-corrected chi connectivity index (χ1v) is 4.34. The van der Waals surface area contributed by atoms with Gasteiger partial charge in [-0.2, -0.15) is 0 Å². The van der Waals surface area contributed by atoms with Crippen LogP contribution in [-0.2, 0) is 0 Å². The molecule has 1 atom stereocenters. The van der Waals surface area contributed by atoms with E-state index >= 15 is 0 Å². The lowest BCUT2D eigenvalue weighted by Crippen LogP contribution is -2.01. The van der Waals surface area contributed by atoms with Crippen LogP contribution in [0, 0.1) is 0 Å². The summed E-state index contributed by atoms with van der Waals surface area (Å²) in [4.78, 5) is 0. The molecule has 0 aromatic heterocycles. The van der Waals surface area contributed by atoms with Gasteiger partial charge in [0, 0.05) is 6.42 Å². The van der Waals surface area contributed by atoms with Crippen molar-refractivity contribution in [1.29, 1.82) is 0 Å². The van der Waals surface area contributed by atoms with E-state index in [2.05, 4.69) is 12.7 Å². The van der Waals surface area contributed by atoms with Gasteiger partial charge in [-0.3, -0.25) is 0 Å². The van der Waals surface area contributed by atoms with Gasteiger partial charge in [-0.05, 0) is 37.0 Å². The van der Waals surface area contributed by atoms with Crippen LogP contribution in [0.5, 0.6) is 0 Å². The van der Waals surface area contributed by atoms with Crippen LogP contribution in [0.25, 0.3) is 0 Å². The van der Waals surface area contributed by atoms with Gasteiger partial charge in [-0.25, -0.2) is 0 Å². The second-order valence-corrected chi connectivity index (χ2v) is 3.19. The highest BCUT2D eigenvalue weighted by Gasteiger charge is 2.22. The monoisotopic (exact) mass is 164 g/mol. The van der Waals surface area contributed by atoms with Gasteiger partial charge in [0.25, 0.3) is 0 Å². The minimum Gasteiger partial charge on any atom is -0.388 e. The molecule has 12 heavy (non-hydrogen) atoms. The summed E-state index contributed by atoms with van der Waals surface area (Å²) in [5.41, 5.74) is 3.67. The highest BCUT2D eigenvalue weighted by atomic mass is 16.3. The summed E-state index contributed by atoms with van der Waals surface area (Å²) < 4.78 is 0. The molecule has 0 aliphatic heterocycles.